The Labute approximate surface area is 120 Å². The fourth-order valence-electron chi connectivity index (χ4n) is 1.74. The van der Waals surface area contributed by atoms with E-state index in [1.54, 1.807) is 19.4 Å². The van der Waals surface area contributed by atoms with Crippen molar-refractivity contribution in [2.24, 2.45) is 0 Å². The van der Waals surface area contributed by atoms with E-state index in [0.717, 1.165) is 5.56 Å². The van der Waals surface area contributed by atoms with Crippen LogP contribution >= 0.6 is 0 Å². The van der Waals surface area contributed by atoms with Gasteiger partial charge in [-0.1, -0.05) is 6.07 Å². The van der Waals surface area contributed by atoms with Gasteiger partial charge in [-0.25, -0.2) is 9.59 Å². The van der Waals surface area contributed by atoms with E-state index in [1.165, 1.54) is 23.1 Å². The lowest BCUT2D eigenvalue weighted by atomic mass is 10.1. The van der Waals surface area contributed by atoms with Gasteiger partial charge in [-0.2, -0.15) is 5.10 Å². The lowest BCUT2D eigenvalue weighted by Gasteiger charge is -2.18. The number of benzene rings is 1. The number of nitrogens with one attached hydrogen (secondary N) is 2. The minimum Gasteiger partial charge on any atom is -0.505 e. The van der Waals surface area contributed by atoms with Crippen LogP contribution in [0.4, 0.5) is 10.5 Å². The van der Waals surface area contributed by atoms with Crippen LogP contribution in [0.15, 0.2) is 30.6 Å². The summed E-state index contributed by atoms with van der Waals surface area (Å²) in [5, 5.41) is 27.6. The van der Waals surface area contributed by atoms with Gasteiger partial charge < -0.3 is 20.4 Å². The Morgan fingerprint density at radius 2 is 2.19 bits per heavy atom. The molecule has 0 radical (unpaired) electrons. The second kappa shape index (κ2) is 5.95. The second-order valence-corrected chi connectivity index (χ2v) is 4.40. The van der Waals surface area contributed by atoms with E-state index < -0.39 is 17.7 Å². The molecule has 0 bridgehead atoms. The number of carboxylic acid groups (broad SMARTS) is 1. The van der Waals surface area contributed by atoms with Gasteiger partial charge in [0, 0.05) is 18.8 Å². The van der Waals surface area contributed by atoms with Crippen molar-refractivity contribution in [3.63, 3.8) is 0 Å². The lowest BCUT2D eigenvalue weighted by Crippen LogP contribution is -2.30. The van der Waals surface area contributed by atoms with E-state index in [2.05, 4.69) is 15.5 Å². The molecular weight excluding hydrogens is 276 g/mol. The zero-order chi connectivity index (χ0) is 15.4. The average molecular weight is 290 g/mol. The molecule has 0 aliphatic rings. The summed E-state index contributed by atoms with van der Waals surface area (Å²) in [6.07, 6.45) is 3.25. The van der Waals surface area contributed by atoms with E-state index >= 15 is 0 Å². The number of anilines is 1. The predicted octanol–water partition coefficient (Wildman–Crippen LogP) is 1.48. The molecule has 1 aromatic heterocycles. The Kier molecular flexibility index (Phi) is 4.07. The number of carboxylic acids is 1. The van der Waals surface area contributed by atoms with Crippen LogP contribution in [0.25, 0.3) is 0 Å². The normalized spacial score (nSPS) is 10.1. The molecule has 2 aromatic rings. The highest BCUT2D eigenvalue weighted by atomic mass is 16.4. The average Bonchev–Trinajstić information content (AvgIpc) is 2.93. The van der Waals surface area contributed by atoms with E-state index in [-0.39, 0.29) is 11.3 Å². The first-order valence-electron chi connectivity index (χ1n) is 6.04. The molecule has 21 heavy (non-hydrogen) atoms. The summed E-state index contributed by atoms with van der Waals surface area (Å²) in [6, 6.07) is 3.64. The number of H-pyrrole nitrogens is 1. The van der Waals surface area contributed by atoms with Crippen LogP contribution in [0, 0.1) is 0 Å². The van der Waals surface area contributed by atoms with Crippen molar-refractivity contribution in [2.75, 3.05) is 12.4 Å². The van der Waals surface area contributed by atoms with Gasteiger partial charge in [0.05, 0.1) is 18.4 Å². The Bertz CT molecular complexity index is 654. The molecule has 1 aromatic carbocycles. The molecule has 0 saturated carbocycles. The van der Waals surface area contributed by atoms with E-state index in [4.69, 9.17) is 5.11 Å². The molecule has 4 N–H and O–H groups in total. The molecule has 8 nitrogen and oxygen atoms in total. The zero-order valence-electron chi connectivity index (χ0n) is 11.2. The lowest BCUT2D eigenvalue weighted by molar-refractivity contribution is 0.0693. The number of nitrogens with zero attached hydrogens (tertiary/aromatic N) is 2. The number of amides is 2. The number of hydrogen-bond acceptors (Lipinski definition) is 4. The first kappa shape index (κ1) is 14.4. The number of hydrogen-bond donors (Lipinski definition) is 4. The van der Waals surface area contributed by atoms with Gasteiger partial charge in [-0.15, -0.1) is 0 Å². The summed E-state index contributed by atoms with van der Waals surface area (Å²) in [6.45, 7) is 0.321. The molecule has 0 saturated heterocycles. The van der Waals surface area contributed by atoms with Crippen LogP contribution in [0.1, 0.15) is 15.9 Å². The highest BCUT2D eigenvalue weighted by molar-refractivity contribution is 5.97. The van der Waals surface area contributed by atoms with Crippen molar-refractivity contribution in [1.82, 2.24) is 15.1 Å². The standard InChI is InChI=1S/C13H14N4O4/c1-17(7-8-5-14-15-6-8)13(21)16-10-4-2-3-9(11(10)18)12(19)20/h2-6,18H,7H2,1H3,(H,14,15)(H,16,21)(H,19,20). The largest absolute Gasteiger partial charge is 0.505 e. The van der Waals surface area contributed by atoms with Crippen molar-refractivity contribution < 1.29 is 19.8 Å². The number of aromatic amines is 1. The molecule has 0 unspecified atom stereocenters. The Morgan fingerprint density at radius 3 is 2.81 bits per heavy atom. The van der Waals surface area contributed by atoms with Crippen molar-refractivity contribution in [3.8, 4) is 5.75 Å². The predicted molar refractivity (Wildman–Crippen MR) is 74.1 cm³/mol. The van der Waals surface area contributed by atoms with E-state index in [1.807, 2.05) is 0 Å². The van der Waals surface area contributed by atoms with E-state index in [9.17, 15) is 14.7 Å². The topological polar surface area (TPSA) is 119 Å². The maximum atomic E-state index is 12.0. The molecule has 1 heterocycles. The summed E-state index contributed by atoms with van der Waals surface area (Å²) >= 11 is 0. The number of aromatic carboxylic acids is 1. The molecule has 0 spiro atoms. The minimum absolute atomic E-state index is 0.0407. The minimum atomic E-state index is -1.27. The number of aromatic hydroxyl groups is 1. The summed E-state index contributed by atoms with van der Waals surface area (Å²) in [5.74, 6) is -1.74. The molecule has 110 valence electrons. The van der Waals surface area contributed by atoms with Crippen LogP contribution in [0.5, 0.6) is 5.75 Å². The van der Waals surface area contributed by atoms with Crippen molar-refractivity contribution in [2.45, 2.75) is 6.54 Å². The molecule has 0 aliphatic carbocycles. The van der Waals surface area contributed by atoms with Crippen LogP contribution < -0.4 is 5.32 Å². The maximum absolute atomic E-state index is 12.0. The summed E-state index contributed by atoms with van der Waals surface area (Å²) in [5.41, 5.74) is 0.584. The third-order valence-electron chi connectivity index (χ3n) is 2.83. The smallest absolute Gasteiger partial charge is 0.339 e. The fourth-order valence-corrected chi connectivity index (χ4v) is 1.74. The molecule has 0 aliphatic heterocycles. The fraction of sp³-hybridized carbons (Fsp3) is 0.154. The number of phenols is 1. The Morgan fingerprint density at radius 1 is 1.43 bits per heavy atom. The molecule has 0 atom stereocenters. The zero-order valence-corrected chi connectivity index (χ0v) is 11.2. The van der Waals surface area contributed by atoms with Gasteiger partial charge in [0.15, 0.2) is 5.75 Å². The van der Waals surface area contributed by atoms with Gasteiger partial charge in [-0.3, -0.25) is 5.10 Å². The highest BCUT2D eigenvalue weighted by Gasteiger charge is 2.16. The van der Waals surface area contributed by atoms with Gasteiger partial charge in [0.2, 0.25) is 0 Å². The van der Waals surface area contributed by atoms with Gasteiger partial charge in [0.25, 0.3) is 0 Å². The number of rotatable bonds is 4. The summed E-state index contributed by atoms with van der Waals surface area (Å²) < 4.78 is 0. The Balaban J connectivity index is 2.09. The van der Waals surface area contributed by atoms with Gasteiger partial charge in [-0.05, 0) is 12.1 Å². The van der Waals surface area contributed by atoms with Gasteiger partial charge >= 0.3 is 12.0 Å². The van der Waals surface area contributed by atoms with Crippen LogP contribution in [0.3, 0.4) is 0 Å². The van der Waals surface area contributed by atoms with Crippen molar-refractivity contribution >= 4 is 17.7 Å². The maximum Gasteiger partial charge on any atom is 0.339 e. The molecular formula is C13H14N4O4. The van der Waals surface area contributed by atoms with Crippen molar-refractivity contribution in [1.29, 1.82) is 0 Å². The Hall–Kier alpha value is -3.03. The molecule has 2 rings (SSSR count). The quantitative estimate of drug-likeness (QED) is 0.636. The summed E-state index contributed by atoms with van der Waals surface area (Å²) in [7, 11) is 1.57. The van der Waals surface area contributed by atoms with Crippen LogP contribution in [-0.4, -0.2) is 44.4 Å². The highest BCUT2D eigenvalue weighted by Crippen LogP contribution is 2.27. The second-order valence-electron chi connectivity index (χ2n) is 4.40. The molecule has 2 amide bonds. The molecule has 0 fully saturated rings. The molecule has 8 heteroatoms. The SMILES string of the molecule is CN(Cc1cn[nH]c1)C(=O)Nc1cccc(C(=O)O)c1O. The van der Waals surface area contributed by atoms with E-state index in [0.29, 0.717) is 6.54 Å². The first-order valence-corrected chi connectivity index (χ1v) is 6.04. The number of urea groups is 1. The number of carbonyl (C=O) groups excluding carboxylic acids is 1. The van der Waals surface area contributed by atoms with Crippen molar-refractivity contribution in [3.05, 3.63) is 41.7 Å². The number of carbonyl (C=O) groups is 2. The number of para-hydroxylation sites is 1. The monoisotopic (exact) mass is 290 g/mol. The summed E-state index contributed by atoms with van der Waals surface area (Å²) in [4.78, 5) is 24.3. The van der Waals surface area contributed by atoms with Crippen LogP contribution in [0.2, 0.25) is 0 Å². The van der Waals surface area contributed by atoms with Crippen LogP contribution in [-0.2, 0) is 6.54 Å². The van der Waals surface area contributed by atoms with Gasteiger partial charge in [0.1, 0.15) is 5.56 Å². The number of aromatic nitrogens is 2. The third kappa shape index (κ3) is 3.30. The first-order chi connectivity index (χ1) is 9.99. The third-order valence-corrected chi connectivity index (χ3v) is 2.83.